The van der Waals surface area contributed by atoms with Crippen LogP contribution in [-0.4, -0.2) is 37.2 Å². The van der Waals surface area contributed by atoms with Crippen LogP contribution in [-0.2, 0) is 28.6 Å². The Kier molecular flexibility index (Phi) is 49.5. The third-order valence-corrected chi connectivity index (χ3v) is 10.8. The van der Waals surface area contributed by atoms with Crippen LogP contribution < -0.4 is 0 Å². The Morgan fingerprint density at radius 1 is 0.323 bits per heavy atom. The molecule has 0 bridgehead atoms. The summed E-state index contributed by atoms with van der Waals surface area (Å²) < 4.78 is 16.7. The molecule has 1 atom stereocenters. The van der Waals surface area contributed by atoms with Crippen molar-refractivity contribution in [1.82, 2.24) is 0 Å². The van der Waals surface area contributed by atoms with E-state index in [0.29, 0.717) is 25.7 Å². The van der Waals surface area contributed by atoms with Crippen molar-refractivity contribution < 1.29 is 28.6 Å². The highest BCUT2D eigenvalue weighted by molar-refractivity contribution is 5.71. The zero-order chi connectivity index (χ0) is 47.2. The van der Waals surface area contributed by atoms with E-state index in [4.69, 9.17) is 14.2 Å². The number of hydrogen-bond acceptors (Lipinski definition) is 6. The van der Waals surface area contributed by atoms with Crippen LogP contribution in [0.4, 0.5) is 0 Å². The topological polar surface area (TPSA) is 78.9 Å². The molecule has 0 aromatic carbocycles. The Morgan fingerprint density at radius 2 is 0.615 bits per heavy atom. The fourth-order valence-corrected chi connectivity index (χ4v) is 6.88. The highest BCUT2D eigenvalue weighted by Crippen LogP contribution is 2.14. The van der Waals surface area contributed by atoms with E-state index >= 15 is 0 Å². The smallest absolute Gasteiger partial charge is 0.306 e. The lowest BCUT2D eigenvalue weighted by molar-refractivity contribution is -0.167. The van der Waals surface area contributed by atoms with Crippen molar-refractivity contribution in [3.8, 4) is 0 Å². The Labute approximate surface area is 400 Å². The summed E-state index contributed by atoms with van der Waals surface area (Å²) in [4.78, 5) is 38.0. The Morgan fingerprint density at radius 3 is 0.985 bits per heavy atom. The van der Waals surface area contributed by atoms with Crippen molar-refractivity contribution in [3.63, 3.8) is 0 Å². The standard InChI is InChI=1S/C59H96O6/c1-4-7-10-13-16-19-22-25-28-29-32-35-38-41-44-47-50-53-59(62)65-56(54-63-57(60)51-48-45-42-39-36-33-30-26-23-20-17-14-11-8-5-2)55-64-58(61)52-49-46-43-40-37-34-31-27-24-21-18-15-12-9-6-3/h7-8,10-11,16-17,19-20,25-26,28,30,32,35-36,39,41,44,56H,4-6,9,12-15,18,21-24,27,29,31,33-34,37-38,40,42-43,45-55H2,1-3H3/b10-7-,11-8-,19-16-,20-17-,28-25-,30-26-,35-32-,39-36-,44-41-/t56-/m1/s1. The van der Waals surface area contributed by atoms with Gasteiger partial charge in [-0.25, -0.2) is 0 Å². The summed E-state index contributed by atoms with van der Waals surface area (Å²) in [6, 6.07) is 0. The molecule has 0 aromatic rings. The number of hydrogen-bond donors (Lipinski definition) is 0. The minimum Gasteiger partial charge on any atom is -0.462 e. The van der Waals surface area contributed by atoms with Crippen LogP contribution in [0.25, 0.3) is 0 Å². The number of ether oxygens (including phenoxy) is 3. The van der Waals surface area contributed by atoms with Crippen molar-refractivity contribution in [2.24, 2.45) is 0 Å². The van der Waals surface area contributed by atoms with E-state index in [1.165, 1.54) is 77.0 Å². The summed E-state index contributed by atoms with van der Waals surface area (Å²) in [6.45, 7) is 6.32. The maximum atomic E-state index is 12.8. The monoisotopic (exact) mass is 901 g/mol. The molecule has 0 saturated heterocycles. The number of allylic oxidation sites excluding steroid dienone is 18. The fraction of sp³-hybridized carbons (Fsp3) is 0.644. The van der Waals surface area contributed by atoms with Gasteiger partial charge in [0.15, 0.2) is 6.10 Å². The highest BCUT2D eigenvalue weighted by Gasteiger charge is 2.19. The van der Waals surface area contributed by atoms with Crippen molar-refractivity contribution in [2.75, 3.05) is 13.2 Å². The maximum Gasteiger partial charge on any atom is 0.306 e. The van der Waals surface area contributed by atoms with E-state index in [1.54, 1.807) is 0 Å². The van der Waals surface area contributed by atoms with Crippen LogP contribution >= 0.6 is 0 Å². The van der Waals surface area contributed by atoms with E-state index in [0.717, 1.165) is 96.3 Å². The summed E-state index contributed by atoms with van der Waals surface area (Å²) in [5.41, 5.74) is 0. The molecule has 0 fully saturated rings. The average Bonchev–Trinajstić information content (AvgIpc) is 3.30. The molecule has 6 nitrogen and oxygen atoms in total. The molecule has 0 saturated carbocycles. The van der Waals surface area contributed by atoms with Gasteiger partial charge >= 0.3 is 17.9 Å². The quantitative estimate of drug-likeness (QED) is 0.0262. The van der Waals surface area contributed by atoms with Crippen LogP contribution in [0.2, 0.25) is 0 Å². The first-order valence-electron chi connectivity index (χ1n) is 26.4. The number of rotatable bonds is 46. The van der Waals surface area contributed by atoms with Gasteiger partial charge in [-0.2, -0.15) is 0 Å². The molecule has 0 amide bonds. The molecule has 0 rings (SSSR count). The number of esters is 3. The first kappa shape index (κ1) is 61.1. The molecule has 0 N–H and O–H groups in total. The van der Waals surface area contributed by atoms with Gasteiger partial charge in [0.05, 0.1) is 0 Å². The first-order chi connectivity index (χ1) is 32.0. The molecule has 6 heteroatoms. The van der Waals surface area contributed by atoms with Gasteiger partial charge in [-0.15, -0.1) is 0 Å². The second-order valence-electron chi connectivity index (χ2n) is 17.0. The molecule has 65 heavy (non-hydrogen) atoms. The predicted molar refractivity (Wildman–Crippen MR) is 279 cm³/mol. The van der Waals surface area contributed by atoms with Crippen molar-refractivity contribution >= 4 is 17.9 Å². The lowest BCUT2D eigenvalue weighted by atomic mass is 10.0. The largest absolute Gasteiger partial charge is 0.462 e. The van der Waals surface area contributed by atoms with Gasteiger partial charge in [-0.05, 0) is 96.3 Å². The van der Waals surface area contributed by atoms with Crippen molar-refractivity contribution in [3.05, 3.63) is 109 Å². The van der Waals surface area contributed by atoms with Gasteiger partial charge in [0, 0.05) is 19.3 Å². The summed E-state index contributed by atoms with van der Waals surface area (Å²) in [5, 5.41) is 0. The molecule has 0 aliphatic rings. The lowest BCUT2D eigenvalue weighted by Gasteiger charge is -2.18. The van der Waals surface area contributed by atoms with Crippen LogP contribution in [0.15, 0.2) is 109 Å². The third kappa shape index (κ3) is 50.9. The third-order valence-electron chi connectivity index (χ3n) is 10.8. The number of carbonyl (C=O) groups is 3. The molecule has 0 heterocycles. The molecular formula is C59H96O6. The first-order valence-corrected chi connectivity index (χ1v) is 26.4. The van der Waals surface area contributed by atoms with Gasteiger partial charge in [0.1, 0.15) is 13.2 Å². The minimum atomic E-state index is -0.825. The van der Waals surface area contributed by atoms with Crippen molar-refractivity contribution in [1.29, 1.82) is 0 Å². The van der Waals surface area contributed by atoms with Crippen LogP contribution in [0.3, 0.4) is 0 Å². The Bertz CT molecular complexity index is 1360. The molecule has 0 radical (unpaired) electrons. The fourth-order valence-electron chi connectivity index (χ4n) is 6.88. The Hall–Kier alpha value is -3.93. The molecule has 0 aliphatic carbocycles. The second-order valence-corrected chi connectivity index (χ2v) is 17.0. The molecule has 0 aromatic heterocycles. The van der Waals surface area contributed by atoms with Crippen LogP contribution in [0.1, 0.15) is 226 Å². The molecule has 0 unspecified atom stereocenters. The highest BCUT2D eigenvalue weighted by atomic mass is 16.6. The SMILES string of the molecule is CC/C=C\C/C=C\C/C=C\C/C=C\C/C=C\CCCC(=O)O[C@H](COC(=O)CCCC/C=C\C/C=C\C/C=C\C/C=C\CC)COC(=O)CCCCCCCCCCCCCCCCC. The van der Waals surface area contributed by atoms with Gasteiger partial charge in [-0.3, -0.25) is 14.4 Å². The van der Waals surface area contributed by atoms with E-state index in [9.17, 15) is 14.4 Å². The van der Waals surface area contributed by atoms with E-state index < -0.39 is 6.10 Å². The van der Waals surface area contributed by atoms with Crippen LogP contribution in [0.5, 0.6) is 0 Å². The summed E-state index contributed by atoms with van der Waals surface area (Å²) in [7, 11) is 0. The average molecular weight is 901 g/mol. The van der Waals surface area contributed by atoms with Crippen molar-refractivity contribution in [2.45, 2.75) is 232 Å². The number of carbonyl (C=O) groups excluding carboxylic acids is 3. The summed E-state index contributed by atoms with van der Waals surface area (Å²) in [5.74, 6) is -1.02. The Balaban J connectivity index is 4.55. The molecule has 368 valence electrons. The molecule has 0 aliphatic heterocycles. The normalized spacial score (nSPS) is 13.0. The predicted octanol–water partition coefficient (Wildman–Crippen LogP) is 17.5. The second kappa shape index (κ2) is 52.7. The lowest BCUT2D eigenvalue weighted by Crippen LogP contribution is -2.30. The van der Waals surface area contributed by atoms with Gasteiger partial charge < -0.3 is 14.2 Å². The maximum absolute atomic E-state index is 12.8. The molecule has 0 spiro atoms. The minimum absolute atomic E-state index is 0.114. The van der Waals surface area contributed by atoms with Crippen LogP contribution in [0, 0.1) is 0 Å². The van der Waals surface area contributed by atoms with E-state index in [-0.39, 0.29) is 37.5 Å². The zero-order valence-electron chi connectivity index (χ0n) is 42.0. The zero-order valence-corrected chi connectivity index (χ0v) is 42.0. The molecular weight excluding hydrogens is 805 g/mol. The van der Waals surface area contributed by atoms with Gasteiger partial charge in [0.25, 0.3) is 0 Å². The summed E-state index contributed by atoms with van der Waals surface area (Å²) in [6.07, 6.45) is 70.8. The van der Waals surface area contributed by atoms with Gasteiger partial charge in [0.2, 0.25) is 0 Å². The number of unbranched alkanes of at least 4 members (excludes halogenated alkanes) is 17. The van der Waals surface area contributed by atoms with E-state index in [2.05, 4.69) is 130 Å². The summed E-state index contributed by atoms with van der Waals surface area (Å²) >= 11 is 0. The van der Waals surface area contributed by atoms with E-state index in [1.807, 2.05) is 0 Å². The van der Waals surface area contributed by atoms with Gasteiger partial charge in [-0.1, -0.05) is 220 Å².